The van der Waals surface area contributed by atoms with Crippen LogP contribution in [-0.4, -0.2) is 12.6 Å². The van der Waals surface area contributed by atoms with Gasteiger partial charge in [-0.2, -0.15) is 0 Å². The topological polar surface area (TPSA) is 26.3 Å². The van der Waals surface area contributed by atoms with Crippen molar-refractivity contribution in [1.82, 2.24) is 0 Å². The number of rotatable bonds is 4. The lowest BCUT2D eigenvalue weighted by atomic mass is 9.65. The van der Waals surface area contributed by atoms with E-state index in [1.54, 1.807) is 0 Å². The lowest BCUT2D eigenvalue weighted by Crippen LogP contribution is -2.34. The molecule has 0 aromatic carbocycles. The van der Waals surface area contributed by atoms with Gasteiger partial charge in [0.05, 0.1) is 6.61 Å². The molecule has 1 fully saturated rings. The quantitative estimate of drug-likeness (QED) is 0.697. The Bertz CT molecular complexity index is 330. The van der Waals surface area contributed by atoms with E-state index < -0.39 is 0 Å². The summed E-state index contributed by atoms with van der Waals surface area (Å²) in [5.41, 5.74) is 0. The van der Waals surface area contributed by atoms with Crippen LogP contribution in [0, 0.1) is 23.7 Å². The fraction of sp³-hybridized carbons (Fsp3) is 0.667. The van der Waals surface area contributed by atoms with E-state index >= 15 is 0 Å². The van der Waals surface area contributed by atoms with Crippen LogP contribution in [0.2, 0.25) is 0 Å². The summed E-state index contributed by atoms with van der Waals surface area (Å²) in [4.78, 5) is 11.7. The molecule has 0 amide bonds. The fourth-order valence-corrected chi connectivity index (χ4v) is 2.67. The summed E-state index contributed by atoms with van der Waals surface area (Å²) < 4.78 is 5.35. The molecule has 4 unspecified atom stereocenters. The predicted molar refractivity (Wildman–Crippen MR) is 68.4 cm³/mol. The maximum atomic E-state index is 11.7. The van der Waals surface area contributed by atoms with Gasteiger partial charge in [0, 0.05) is 12.3 Å². The number of esters is 1. The molecule has 4 atom stereocenters. The maximum absolute atomic E-state index is 11.7. The van der Waals surface area contributed by atoms with Crippen LogP contribution < -0.4 is 0 Å². The minimum absolute atomic E-state index is 0.0169. The van der Waals surface area contributed by atoms with E-state index in [1.165, 1.54) is 6.42 Å². The minimum Gasteiger partial charge on any atom is -0.465 e. The van der Waals surface area contributed by atoms with Crippen molar-refractivity contribution in [2.45, 2.75) is 33.1 Å². The van der Waals surface area contributed by atoms with E-state index in [4.69, 9.17) is 4.74 Å². The van der Waals surface area contributed by atoms with E-state index in [0.717, 1.165) is 12.3 Å². The highest BCUT2D eigenvalue weighted by molar-refractivity contribution is 5.69. The molecule has 2 aliphatic carbocycles. The lowest BCUT2D eigenvalue weighted by Gasteiger charge is -2.40. The zero-order valence-corrected chi connectivity index (χ0v) is 10.8. The second kappa shape index (κ2) is 5.52. The molecule has 0 bridgehead atoms. The van der Waals surface area contributed by atoms with Crippen LogP contribution in [0.3, 0.4) is 0 Å². The van der Waals surface area contributed by atoms with E-state index in [9.17, 15) is 4.79 Å². The number of allylic oxidation sites excluding steroid dienone is 3. The number of hydrogen-bond acceptors (Lipinski definition) is 2. The molecule has 0 saturated heterocycles. The molecule has 0 radical (unpaired) electrons. The first-order valence-corrected chi connectivity index (χ1v) is 6.65. The van der Waals surface area contributed by atoms with Crippen LogP contribution in [0.25, 0.3) is 0 Å². The number of hydrogen-bond donors (Lipinski definition) is 0. The Balaban J connectivity index is 1.64. The van der Waals surface area contributed by atoms with Crippen LogP contribution in [-0.2, 0) is 9.53 Å². The van der Waals surface area contributed by atoms with Gasteiger partial charge in [0.2, 0.25) is 0 Å². The second-order valence-corrected chi connectivity index (χ2v) is 5.53. The molecule has 0 spiro atoms. The van der Waals surface area contributed by atoms with Crippen LogP contribution in [0.15, 0.2) is 24.3 Å². The zero-order valence-electron chi connectivity index (χ0n) is 10.8. The van der Waals surface area contributed by atoms with Crippen molar-refractivity contribution >= 4 is 5.97 Å². The van der Waals surface area contributed by atoms with Crippen molar-refractivity contribution in [2.75, 3.05) is 6.61 Å². The van der Waals surface area contributed by atoms with Gasteiger partial charge in [-0.25, -0.2) is 0 Å². The lowest BCUT2D eigenvalue weighted by molar-refractivity contribution is -0.147. The zero-order chi connectivity index (χ0) is 12.3. The third kappa shape index (κ3) is 3.21. The minimum atomic E-state index is -0.0169. The van der Waals surface area contributed by atoms with E-state index in [-0.39, 0.29) is 5.97 Å². The first kappa shape index (κ1) is 12.4. The van der Waals surface area contributed by atoms with Gasteiger partial charge in [0.25, 0.3) is 0 Å². The molecule has 94 valence electrons. The highest BCUT2D eigenvalue weighted by atomic mass is 16.5. The average molecular weight is 234 g/mol. The van der Waals surface area contributed by atoms with Crippen molar-refractivity contribution in [3.05, 3.63) is 24.3 Å². The summed E-state index contributed by atoms with van der Waals surface area (Å²) in [7, 11) is 0. The summed E-state index contributed by atoms with van der Waals surface area (Å²) in [5.74, 6) is 2.37. The van der Waals surface area contributed by atoms with E-state index in [1.807, 2.05) is 12.2 Å². The molecule has 2 nitrogen and oxygen atoms in total. The molecule has 0 aromatic rings. The van der Waals surface area contributed by atoms with Crippen molar-refractivity contribution in [3.63, 3.8) is 0 Å². The highest BCUT2D eigenvalue weighted by Crippen LogP contribution is 2.41. The molecule has 0 N–H and O–H groups in total. The summed E-state index contributed by atoms with van der Waals surface area (Å²) >= 11 is 0. The largest absolute Gasteiger partial charge is 0.465 e. The van der Waals surface area contributed by atoms with Crippen molar-refractivity contribution in [3.8, 4) is 0 Å². The smallest absolute Gasteiger partial charge is 0.306 e. The van der Waals surface area contributed by atoms with Gasteiger partial charge in [-0.15, -0.1) is 0 Å². The Morgan fingerprint density at radius 3 is 2.76 bits per heavy atom. The van der Waals surface area contributed by atoms with Gasteiger partial charge in [0.1, 0.15) is 0 Å². The molecular formula is C15H22O2. The Morgan fingerprint density at radius 1 is 1.35 bits per heavy atom. The number of ether oxygens (including phenoxy) is 1. The molecule has 0 aromatic heterocycles. The molecule has 17 heavy (non-hydrogen) atoms. The van der Waals surface area contributed by atoms with E-state index in [2.05, 4.69) is 26.0 Å². The maximum Gasteiger partial charge on any atom is 0.306 e. The summed E-state index contributed by atoms with van der Waals surface area (Å²) in [6, 6.07) is 0. The van der Waals surface area contributed by atoms with Crippen LogP contribution in [0.4, 0.5) is 0 Å². The Morgan fingerprint density at radius 2 is 2.18 bits per heavy atom. The van der Waals surface area contributed by atoms with E-state index in [0.29, 0.717) is 30.8 Å². The van der Waals surface area contributed by atoms with Crippen molar-refractivity contribution in [2.24, 2.45) is 23.7 Å². The first-order valence-electron chi connectivity index (χ1n) is 6.65. The fourth-order valence-electron chi connectivity index (χ4n) is 2.67. The first-order chi connectivity index (χ1) is 8.16. The van der Waals surface area contributed by atoms with Gasteiger partial charge in [0.15, 0.2) is 0 Å². The molecular weight excluding hydrogens is 212 g/mol. The Kier molecular flexibility index (Phi) is 4.03. The van der Waals surface area contributed by atoms with Crippen molar-refractivity contribution < 1.29 is 9.53 Å². The van der Waals surface area contributed by atoms with Gasteiger partial charge >= 0.3 is 5.97 Å². The van der Waals surface area contributed by atoms with Gasteiger partial charge in [-0.3, -0.25) is 4.79 Å². The summed E-state index contributed by atoms with van der Waals surface area (Å²) in [5, 5.41) is 0. The molecule has 1 saturated carbocycles. The van der Waals surface area contributed by atoms with Gasteiger partial charge in [-0.05, 0) is 30.6 Å². The highest BCUT2D eigenvalue weighted by Gasteiger charge is 2.35. The standard InChI is InChI=1S/C15H22O2/c1-11-8-14(12(11)2)9-15(16)17-10-13-6-4-3-5-7-13/h3-6,11-14H,7-10H2,1-2H3. The van der Waals surface area contributed by atoms with Gasteiger partial charge < -0.3 is 4.74 Å². The van der Waals surface area contributed by atoms with Crippen LogP contribution in [0.5, 0.6) is 0 Å². The Hall–Kier alpha value is -1.05. The van der Waals surface area contributed by atoms with Crippen molar-refractivity contribution in [1.29, 1.82) is 0 Å². The molecule has 0 heterocycles. The molecule has 2 aliphatic rings. The van der Waals surface area contributed by atoms with Crippen LogP contribution >= 0.6 is 0 Å². The Labute approximate surface area is 104 Å². The third-order valence-electron chi connectivity index (χ3n) is 4.27. The summed E-state index contributed by atoms with van der Waals surface area (Å²) in [6.45, 7) is 5.03. The second-order valence-electron chi connectivity index (χ2n) is 5.53. The van der Waals surface area contributed by atoms with Crippen LogP contribution in [0.1, 0.15) is 33.1 Å². The third-order valence-corrected chi connectivity index (χ3v) is 4.27. The monoisotopic (exact) mass is 234 g/mol. The molecule has 2 rings (SSSR count). The normalized spacial score (nSPS) is 35.4. The number of carbonyl (C=O) groups is 1. The number of carbonyl (C=O) groups excluding carboxylic acids is 1. The summed E-state index contributed by atoms with van der Waals surface area (Å²) in [6.07, 6.45) is 11.1. The SMILES string of the molecule is CC1CC(CC(=O)OCC2C=CC=CC2)C1C. The average Bonchev–Trinajstić information content (AvgIpc) is 2.37. The van der Waals surface area contributed by atoms with Gasteiger partial charge in [-0.1, -0.05) is 38.2 Å². The predicted octanol–water partition coefficient (Wildman–Crippen LogP) is 3.34. The molecule has 0 aliphatic heterocycles. The molecule has 2 heteroatoms.